The maximum Gasteiger partial charge on any atom is 0.322 e. The number of hydrogen-bond acceptors (Lipinski definition) is 7. The summed E-state index contributed by atoms with van der Waals surface area (Å²) >= 11 is 6.15. The van der Waals surface area contributed by atoms with Gasteiger partial charge in [-0.1, -0.05) is 11.6 Å². The highest BCUT2D eigenvalue weighted by atomic mass is 35.5. The average molecular weight is 532 g/mol. The Labute approximate surface area is 221 Å². The first-order valence-electron chi connectivity index (χ1n) is 12.8. The largest absolute Gasteiger partial charge is 0.497 e. The fourth-order valence-corrected chi connectivity index (χ4v) is 5.53. The maximum absolute atomic E-state index is 12.6. The number of benzene rings is 2. The van der Waals surface area contributed by atoms with E-state index in [0.717, 1.165) is 48.7 Å². The molecule has 2 aromatic rings. The number of ether oxygens (including phenoxy) is 3. The number of amides is 2. The predicted molar refractivity (Wildman–Crippen MR) is 140 cm³/mol. The lowest BCUT2D eigenvalue weighted by Crippen LogP contribution is -2.49. The van der Waals surface area contributed by atoms with Crippen LogP contribution in [0, 0.1) is 0 Å². The lowest BCUT2D eigenvalue weighted by molar-refractivity contribution is -0.00192. The number of carbonyl (C=O) groups excluding carboxylic acids is 1. The number of β-amino-alcohol motifs (C(OH)–C–C–N with tert-alkyl or cyclic N) is 2. The molecule has 0 radical (unpaired) electrons. The van der Waals surface area contributed by atoms with Crippen LogP contribution in [0.3, 0.4) is 0 Å². The SMILES string of the molecule is COc1ccc(NC(=O)N2CC[C@H](O)C2)c(OC[C@H](O)CN2CCC3(CC2)Cc2cc(Cl)ccc2O3)c1. The van der Waals surface area contributed by atoms with E-state index in [1.165, 1.54) is 0 Å². The van der Waals surface area contributed by atoms with Crippen molar-refractivity contribution in [2.24, 2.45) is 0 Å². The molecule has 5 rings (SSSR count). The fraction of sp³-hybridized carbons (Fsp3) is 0.519. The summed E-state index contributed by atoms with van der Waals surface area (Å²) in [5.74, 6) is 1.92. The van der Waals surface area contributed by atoms with E-state index in [-0.39, 0.29) is 18.2 Å². The second-order valence-corrected chi connectivity index (χ2v) is 10.6. The van der Waals surface area contributed by atoms with Crippen LogP contribution >= 0.6 is 11.6 Å². The van der Waals surface area contributed by atoms with Gasteiger partial charge in [0.15, 0.2) is 0 Å². The molecule has 3 heterocycles. The summed E-state index contributed by atoms with van der Waals surface area (Å²) in [6, 6.07) is 10.6. The van der Waals surface area contributed by atoms with Crippen molar-refractivity contribution in [3.63, 3.8) is 0 Å². The summed E-state index contributed by atoms with van der Waals surface area (Å²) < 4.78 is 17.6. The van der Waals surface area contributed by atoms with Gasteiger partial charge < -0.3 is 39.5 Å². The summed E-state index contributed by atoms with van der Waals surface area (Å²) in [4.78, 5) is 16.4. The molecule has 9 nitrogen and oxygen atoms in total. The molecule has 0 aromatic heterocycles. The van der Waals surface area contributed by atoms with E-state index in [0.29, 0.717) is 43.2 Å². The van der Waals surface area contributed by atoms with Gasteiger partial charge in [0, 0.05) is 63.1 Å². The second-order valence-electron chi connectivity index (χ2n) is 10.2. The number of aliphatic hydroxyl groups excluding tert-OH is 2. The van der Waals surface area contributed by atoms with Crippen LogP contribution in [0.2, 0.25) is 5.02 Å². The zero-order valence-corrected chi connectivity index (χ0v) is 21.7. The van der Waals surface area contributed by atoms with Gasteiger partial charge in [-0.05, 0) is 42.3 Å². The minimum Gasteiger partial charge on any atom is -0.497 e. The van der Waals surface area contributed by atoms with Gasteiger partial charge >= 0.3 is 6.03 Å². The number of hydrogen-bond donors (Lipinski definition) is 3. The van der Waals surface area contributed by atoms with E-state index in [1.54, 1.807) is 30.2 Å². The van der Waals surface area contributed by atoms with E-state index in [2.05, 4.69) is 10.2 Å². The Morgan fingerprint density at radius 2 is 2.05 bits per heavy atom. The first kappa shape index (κ1) is 25.9. The first-order chi connectivity index (χ1) is 17.8. The van der Waals surface area contributed by atoms with E-state index in [4.69, 9.17) is 25.8 Å². The van der Waals surface area contributed by atoms with Gasteiger partial charge in [-0.15, -0.1) is 0 Å². The summed E-state index contributed by atoms with van der Waals surface area (Å²) in [7, 11) is 1.56. The molecule has 37 heavy (non-hydrogen) atoms. The lowest BCUT2D eigenvalue weighted by Gasteiger charge is -2.39. The number of nitrogens with zero attached hydrogens (tertiary/aromatic N) is 2. The number of rotatable bonds is 7. The molecule has 2 atom stereocenters. The third-order valence-electron chi connectivity index (χ3n) is 7.41. The third-order valence-corrected chi connectivity index (χ3v) is 7.65. The average Bonchev–Trinajstić information content (AvgIpc) is 3.48. The minimum atomic E-state index is -0.710. The Kier molecular flexibility index (Phi) is 7.67. The van der Waals surface area contributed by atoms with Gasteiger partial charge in [0.2, 0.25) is 0 Å². The number of carbonyl (C=O) groups is 1. The van der Waals surface area contributed by atoms with E-state index in [9.17, 15) is 15.0 Å². The van der Waals surface area contributed by atoms with Gasteiger partial charge in [-0.25, -0.2) is 4.79 Å². The third kappa shape index (κ3) is 6.06. The van der Waals surface area contributed by atoms with Crippen LogP contribution in [0.25, 0.3) is 0 Å². The number of urea groups is 1. The number of halogens is 1. The zero-order chi connectivity index (χ0) is 26.0. The standard InChI is InChI=1S/C27H34ClN3O6/c1-35-22-3-4-23(29-26(34)31-9-6-20(32)16-31)25(13-22)36-17-21(33)15-30-10-7-27(8-11-30)14-18-12-19(28)2-5-24(18)37-27/h2-5,12-13,20-21,32-33H,6-11,14-17H2,1H3,(H,29,34)/t20-,21+/m0/s1. The molecule has 3 aliphatic rings. The van der Waals surface area contributed by atoms with Crippen LogP contribution < -0.4 is 19.5 Å². The minimum absolute atomic E-state index is 0.0700. The fourth-order valence-electron chi connectivity index (χ4n) is 5.33. The number of likely N-dealkylation sites (tertiary alicyclic amines) is 2. The Balaban J connectivity index is 1.13. The molecule has 2 amide bonds. The molecular weight excluding hydrogens is 498 g/mol. The summed E-state index contributed by atoms with van der Waals surface area (Å²) in [5, 5.41) is 24.0. The highest BCUT2D eigenvalue weighted by molar-refractivity contribution is 6.30. The summed E-state index contributed by atoms with van der Waals surface area (Å²) in [6.45, 7) is 2.99. The maximum atomic E-state index is 12.6. The Bertz CT molecular complexity index is 1120. The highest BCUT2D eigenvalue weighted by Crippen LogP contribution is 2.42. The van der Waals surface area contributed by atoms with Crippen LogP contribution in [0.5, 0.6) is 17.2 Å². The second kappa shape index (κ2) is 10.9. The molecule has 0 bridgehead atoms. The van der Waals surface area contributed by atoms with E-state index >= 15 is 0 Å². The van der Waals surface area contributed by atoms with Crippen molar-refractivity contribution >= 4 is 23.3 Å². The van der Waals surface area contributed by atoms with Crippen LogP contribution in [0.15, 0.2) is 36.4 Å². The van der Waals surface area contributed by atoms with Gasteiger partial charge in [0.25, 0.3) is 0 Å². The van der Waals surface area contributed by atoms with Crippen molar-refractivity contribution in [1.82, 2.24) is 9.80 Å². The Morgan fingerprint density at radius 3 is 2.78 bits per heavy atom. The molecule has 0 saturated carbocycles. The predicted octanol–water partition coefficient (Wildman–Crippen LogP) is 3.16. The van der Waals surface area contributed by atoms with Gasteiger partial charge in [-0.2, -0.15) is 0 Å². The molecule has 0 aliphatic carbocycles. The molecule has 2 fully saturated rings. The molecular formula is C27H34ClN3O6. The number of piperidine rings is 1. The van der Waals surface area contributed by atoms with Gasteiger partial charge in [0.05, 0.1) is 18.9 Å². The number of anilines is 1. The highest BCUT2D eigenvalue weighted by Gasteiger charge is 2.42. The molecule has 10 heteroatoms. The number of methoxy groups -OCH3 is 1. The molecule has 2 aromatic carbocycles. The number of fused-ring (bicyclic) bond motifs is 1. The number of aliphatic hydroxyl groups is 2. The van der Waals surface area contributed by atoms with Crippen LogP contribution in [-0.2, 0) is 6.42 Å². The van der Waals surface area contributed by atoms with E-state index in [1.807, 2.05) is 18.2 Å². The van der Waals surface area contributed by atoms with Crippen LogP contribution in [0.4, 0.5) is 10.5 Å². The lowest BCUT2D eigenvalue weighted by atomic mass is 9.87. The van der Waals surface area contributed by atoms with Crippen molar-refractivity contribution in [1.29, 1.82) is 0 Å². The van der Waals surface area contributed by atoms with Crippen molar-refractivity contribution in [2.45, 2.75) is 43.5 Å². The van der Waals surface area contributed by atoms with Gasteiger partial charge in [-0.3, -0.25) is 0 Å². The molecule has 3 aliphatic heterocycles. The van der Waals surface area contributed by atoms with Crippen LogP contribution in [0.1, 0.15) is 24.8 Å². The Morgan fingerprint density at radius 1 is 1.24 bits per heavy atom. The summed E-state index contributed by atoms with van der Waals surface area (Å²) in [6.07, 6.45) is 1.98. The van der Waals surface area contributed by atoms with Gasteiger partial charge in [0.1, 0.15) is 35.6 Å². The molecule has 3 N–H and O–H groups in total. The monoisotopic (exact) mass is 531 g/mol. The Hall–Kier alpha value is -2.72. The summed E-state index contributed by atoms with van der Waals surface area (Å²) in [5.41, 5.74) is 1.46. The van der Waals surface area contributed by atoms with E-state index < -0.39 is 12.2 Å². The quantitative estimate of drug-likeness (QED) is 0.504. The molecule has 2 saturated heterocycles. The zero-order valence-electron chi connectivity index (χ0n) is 21.0. The first-order valence-corrected chi connectivity index (χ1v) is 13.1. The van der Waals surface area contributed by atoms with Crippen molar-refractivity contribution in [3.8, 4) is 17.2 Å². The van der Waals surface area contributed by atoms with Crippen molar-refractivity contribution in [3.05, 3.63) is 47.0 Å². The molecule has 1 spiro atoms. The smallest absolute Gasteiger partial charge is 0.322 e. The molecule has 200 valence electrons. The normalized spacial score (nSPS) is 21.4. The van der Waals surface area contributed by atoms with Crippen LogP contribution in [-0.4, -0.2) is 90.3 Å². The number of nitrogens with one attached hydrogen (secondary N) is 1. The van der Waals surface area contributed by atoms with Crippen molar-refractivity contribution in [2.75, 3.05) is 51.8 Å². The molecule has 0 unspecified atom stereocenters. The van der Waals surface area contributed by atoms with Crippen molar-refractivity contribution < 1.29 is 29.2 Å². The topological polar surface area (TPSA) is 104 Å².